The first-order valence-electron chi connectivity index (χ1n) is 8.84. The van der Waals surface area contributed by atoms with Gasteiger partial charge in [-0.2, -0.15) is 4.72 Å². The third-order valence-corrected chi connectivity index (χ3v) is 5.73. The average molecular weight is 419 g/mol. The molecule has 0 unspecified atom stereocenters. The summed E-state index contributed by atoms with van der Waals surface area (Å²) in [5, 5.41) is 3.15. The minimum atomic E-state index is -3.94. The molecule has 152 valence electrons. The molecule has 1 rings (SSSR count). The molecule has 27 heavy (non-hydrogen) atoms. The summed E-state index contributed by atoms with van der Waals surface area (Å²) in [5.41, 5.74) is 0. The Kier molecular flexibility index (Phi) is 9.21. The fraction of sp³-hybridized carbons (Fsp3) is 0.556. The molecule has 1 amide bonds. The SMILES string of the molecule is CCC(CC)NC(=O)COC(=O)[C@@H](NS(=O)(=O)c1ccc(Cl)cc1)C(C)C. The zero-order valence-corrected chi connectivity index (χ0v) is 17.6. The Morgan fingerprint density at radius 1 is 1.11 bits per heavy atom. The summed E-state index contributed by atoms with van der Waals surface area (Å²) in [7, 11) is -3.94. The molecule has 0 radical (unpaired) electrons. The zero-order valence-electron chi connectivity index (χ0n) is 16.0. The molecule has 0 aliphatic rings. The van der Waals surface area contributed by atoms with Gasteiger partial charge in [-0.3, -0.25) is 9.59 Å². The fourth-order valence-corrected chi connectivity index (χ4v) is 3.75. The van der Waals surface area contributed by atoms with Crippen molar-refractivity contribution in [2.45, 2.75) is 57.5 Å². The van der Waals surface area contributed by atoms with E-state index < -0.39 is 34.5 Å². The van der Waals surface area contributed by atoms with Gasteiger partial charge in [-0.05, 0) is 43.0 Å². The van der Waals surface area contributed by atoms with Gasteiger partial charge in [0.25, 0.3) is 5.91 Å². The second kappa shape index (κ2) is 10.6. The van der Waals surface area contributed by atoms with Gasteiger partial charge in [-0.1, -0.05) is 39.3 Å². The summed E-state index contributed by atoms with van der Waals surface area (Å²) >= 11 is 5.77. The molecule has 0 saturated heterocycles. The van der Waals surface area contributed by atoms with E-state index in [2.05, 4.69) is 10.0 Å². The molecule has 0 fully saturated rings. The number of benzene rings is 1. The molecule has 2 N–H and O–H groups in total. The van der Waals surface area contributed by atoms with Crippen molar-refractivity contribution in [2.75, 3.05) is 6.61 Å². The summed E-state index contributed by atoms with van der Waals surface area (Å²) < 4.78 is 32.3. The van der Waals surface area contributed by atoms with E-state index in [0.29, 0.717) is 5.02 Å². The number of esters is 1. The maximum Gasteiger partial charge on any atom is 0.324 e. The van der Waals surface area contributed by atoms with E-state index in [0.717, 1.165) is 12.8 Å². The minimum absolute atomic E-state index is 0.0144. The highest BCUT2D eigenvalue weighted by Gasteiger charge is 2.30. The van der Waals surface area contributed by atoms with Crippen LogP contribution in [0.1, 0.15) is 40.5 Å². The molecule has 0 aliphatic carbocycles. The zero-order chi connectivity index (χ0) is 20.6. The van der Waals surface area contributed by atoms with Gasteiger partial charge >= 0.3 is 5.97 Å². The molecule has 1 aromatic carbocycles. The number of carbonyl (C=O) groups excluding carboxylic acids is 2. The summed E-state index contributed by atoms with van der Waals surface area (Å²) in [6.45, 7) is 6.80. The third kappa shape index (κ3) is 7.48. The van der Waals surface area contributed by atoms with Crippen LogP contribution in [0, 0.1) is 5.92 Å². The van der Waals surface area contributed by atoms with Crippen LogP contribution in [0.25, 0.3) is 0 Å². The lowest BCUT2D eigenvalue weighted by Crippen LogP contribution is -2.46. The quantitative estimate of drug-likeness (QED) is 0.568. The second-order valence-electron chi connectivity index (χ2n) is 6.49. The van der Waals surface area contributed by atoms with E-state index in [9.17, 15) is 18.0 Å². The van der Waals surface area contributed by atoms with Gasteiger partial charge in [-0.15, -0.1) is 0 Å². The van der Waals surface area contributed by atoms with Crippen molar-refractivity contribution in [3.63, 3.8) is 0 Å². The number of hydrogen-bond donors (Lipinski definition) is 2. The van der Waals surface area contributed by atoms with Crippen LogP contribution in [-0.2, 0) is 24.3 Å². The smallest absolute Gasteiger partial charge is 0.324 e. The predicted molar refractivity (Wildman–Crippen MR) is 104 cm³/mol. The van der Waals surface area contributed by atoms with Crippen LogP contribution in [0.2, 0.25) is 5.02 Å². The lowest BCUT2D eigenvalue weighted by molar-refractivity contribution is -0.151. The van der Waals surface area contributed by atoms with E-state index in [1.165, 1.54) is 24.3 Å². The van der Waals surface area contributed by atoms with Gasteiger partial charge in [0.15, 0.2) is 6.61 Å². The first-order chi connectivity index (χ1) is 12.6. The number of hydrogen-bond acceptors (Lipinski definition) is 5. The van der Waals surface area contributed by atoms with Crippen LogP contribution in [0.5, 0.6) is 0 Å². The molecule has 1 aromatic rings. The number of halogens is 1. The lowest BCUT2D eigenvalue weighted by atomic mass is 10.1. The van der Waals surface area contributed by atoms with E-state index >= 15 is 0 Å². The third-order valence-electron chi connectivity index (χ3n) is 4.02. The Hall–Kier alpha value is -1.64. The standard InChI is InChI=1S/C18H27ClN2O5S/c1-5-14(6-2)20-16(22)11-26-18(23)17(12(3)4)21-27(24,25)15-9-7-13(19)8-10-15/h7-10,12,14,17,21H,5-6,11H2,1-4H3,(H,20,22)/t17-/m0/s1. The highest BCUT2D eigenvalue weighted by atomic mass is 35.5. The van der Waals surface area contributed by atoms with Crippen LogP contribution in [-0.4, -0.2) is 39.0 Å². The molecular formula is C18H27ClN2O5S. The first-order valence-corrected chi connectivity index (χ1v) is 10.7. The summed E-state index contributed by atoms with van der Waals surface area (Å²) in [6, 6.07) is 4.47. The Morgan fingerprint density at radius 2 is 1.67 bits per heavy atom. The second-order valence-corrected chi connectivity index (χ2v) is 8.64. The molecule has 9 heteroatoms. The molecule has 0 heterocycles. The van der Waals surface area contributed by atoms with Crippen LogP contribution in [0.15, 0.2) is 29.2 Å². The molecule has 0 spiro atoms. The van der Waals surface area contributed by atoms with E-state index in [1.54, 1.807) is 13.8 Å². The van der Waals surface area contributed by atoms with Gasteiger partial charge in [0.2, 0.25) is 10.0 Å². The maximum atomic E-state index is 12.5. The molecule has 0 aromatic heterocycles. The molecule has 0 bridgehead atoms. The molecule has 7 nitrogen and oxygen atoms in total. The average Bonchev–Trinajstić information content (AvgIpc) is 2.62. The fourth-order valence-electron chi connectivity index (χ4n) is 2.29. The predicted octanol–water partition coefficient (Wildman–Crippen LogP) is 2.49. The van der Waals surface area contributed by atoms with Crippen LogP contribution < -0.4 is 10.0 Å². The van der Waals surface area contributed by atoms with Crippen LogP contribution >= 0.6 is 11.6 Å². The van der Waals surface area contributed by atoms with E-state index in [4.69, 9.17) is 16.3 Å². The van der Waals surface area contributed by atoms with Gasteiger partial charge in [0.05, 0.1) is 4.90 Å². The molecular weight excluding hydrogens is 392 g/mol. The van der Waals surface area contributed by atoms with E-state index in [-0.39, 0.29) is 16.9 Å². The van der Waals surface area contributed by atoms with Gasteiger partial charge < -0.3 is 10.1 Å². The number of nitrogens with one attached hydrogen (secondary N) is 2. The number of amides is 1. The Morgan fingerprint density at radius 3 is 2.15 bits per heavy atom. The van der Waals surface area contributed by atoms with Crippen molar-refractivity contribution in [1.82, 2.24) is 10.0 Å². The van der Waals surface area contributed by atoms with Crippen molar-refractivity contribution >= 4 is 33.5 Å². The molecule has 0 aliphatic heterocycles. The van der Waals surface area contributed by atoms with Gasteiger partial charge in [-0.25, -0.2) is 8.42 Å². The minimum Gasteiger partial charge on any atom is -0.454 e. The lowest BCUT2D eigenvalue weighted by Gasteiger charge is -2.21. The Bertz CT molecular complexity index is 731. The number of ether oxygens (including phenoxy) is 1. The monoisotopic (exact) mass is 418 g/mol. The Labute approximate surface area is 165 Å². The van der Waals surface area contributed by atoms with Crippen molar-refractivity contribution < 1.29 is 22.7 Å². The summed E-state index contributed by atoms with van der Waals surface area (Å²) in [5.74, 6) is -1.59. The highest BCUT2D eigenvalue weighted by molar-refractivity contribution is 7.89. The van der Waals surface area contributed by atoms with Crippen molar-refractivity contribution in [2.24, 2.45) is 5.92 Å². The Balaban J connectivity index is 2.76. The summed E-state index contributed by atoms with van der Waals surface area (Å²) in [6.07, 6.45) is 1.54. The van der Waals surface area contributed by atoms with Crippen molar-refractivity contribution in [1.29, 1.82) is 0 Å². The molecule has 1 atom stereocenters. The van der Waals surface area contributed by atoms with Gasteiger partial charge in [0, 0.05) is 11.1 Å². The van der Waals surface area contributed by atoms with E-state index in [1.807, 2.05) is 13.8 Å². The van der Waals surface area contributed by atoms with Gasteiger partial charge in [0.1, 0.15) is 6.04 Å². The molecule has 0 saturated carbocycles. The number of sulfonamides is 1. The largest absolute Gasteiger partial charge is 0.454 e. The van der Waals surface area contributed by atoms with Crippen molar-refractivity contribution in [3.05, 3.63) is 29.3 Å². The number of rotatable bonds is 10. The van der Waals surface area contributed by atoms with Crippen LogP contribution in [0.3, 0.4) is 0 Å². The highest BCUT2D eigenvalue weighted by Crippen LogP contribution is 2.16. The topological polar surface area (TPSA) is 102 Å². The van der Waals surface area contributed by atoms with Crippen LogP contribution in [0.4, 0.5) is 0 Å². The summed E-state index contributed by atoms with van der Waals surface area (Å²) in [4.78, 5) is 24.2. The number of carbonyl (C=O) groups is 2. The maximum absolute atomic E-state index is 12.5. The first kappa shape index (κ1) is 23.4. The normalized spacial score (nSPS) is 12.9. The van der Waals surface area contributed by atoms with Crippen molar-refractivity contribution in [3.8, 4) is 0 Å².